The molecule has 1 saturated heterocycles. The summed E-state index contributed by atoms with van der Waals surface area (Å²) in [6.45, 7) is 5.90. The van der Waals surface area contributed by atoms with Crippen LogP contribution < -0.4 is 10.6 Å². The van der Waals surface area contributed by atoms with Gasteiger partial charge >= 0.3 is 0 Å². The number of piperidine rings is 1. The molecule has 1 aromatic carbocycles. The molecule has 0 atom stereocenters. The topological polar surface area (TPSA) is 54.0 Å². The van der Waals surface area contributed by atoms with Gasteiger partial charge in [0.25, 0.3) is 0 Å². The molecule has 0 aliphatic carbocycles. The molecule has 0 saturated carbocycles. The summed E-state index contributed by atoms with van der Waals surface area (Å²) in [7, 11) is 0. The van der Waals surface area contributed by atoms with Gasteiger partial charge in [-0.05, 0) is 63.5 Å². The molecule has 0 unspecified atom stereocenters. The van der Waals surface area contributed by atoms with Crippen LogP contribution in [-0.2, 0) is 4.79 Å². The summed E-state index contributed by atoms with van der Waals surface area (Å²) in [5.41, 5.74) is 3.05. The standard InChI is InChI=1S/C17H21N3OS2/c1-11-9-14(23-17-19-12(2)10-22-17)3-4-15(11)20-16(21)13-5-7-18-8-6-13/h3-4,9-10,13,18H,5-8H2,1-2H3,(H,20,21). The number of hydrogen-bond donors (Lipinski definition) is 2. The second-order valence-corrected chi connectivity index (χ2v) is 8.03. The number of rotatable bonds is 4. The predicted octanol–water partition coefficient (Wildman–Crippen LogP) is 3.85. The zero-order valence-corrected chi connectivity index (χ0v) is 15.0. The van der Waals surface area contributed by atoms with E-state index in [0.29, 0.717) is 0 Å². The molecule has 3 rings (SSSR count). The lowest BCUT2D eigenvalue weighted by molar-refractivity contribution is -0.120. The number of thiazole rings is 1. The van der Waals surface area contributed by atoms with Crippen molar-refractivity contribution >= 4 is 34.7 Å². The molecule has 1 amide bonds. The number of amides is 1. The van der Waals surface area contributed by atoms with E-state index in [2.05, 4.69) is 27.1 Å². The number of nitrogens with zero attached hydrogens (tertiary/aromatic N) is 1. The highest BCUT2D eigenvalue weighted by Crippen LogP contribution is 2.32. The van der Waals surface area contributed by atoms with E-state index < -0.39 is 0 Å². The van der Waals surface area contributed by atoms with E-state index in [0.717, 1.165) is 52.1 Å². The van der Waals surface area contributed by atoms with E-state index in [1.165, 1.54) is 0 Å². The van der Waals surface area contributed by atoms with Crippen LogP contribution in [0.4, 0.5) is 5.69 Å². The lowest BCUT2D eigenvalue weighted by Gasteiger charge is -2.22. The van der Waals surface area contributed by atoms with Gasteiger partial charge in [-0.2, -0.15) is 0 Å². The van der Waals surface area contributed by atoms with Crippen molar-refractivity contribution in [3.63, 3.8) is 0 Å². The maximum atomic E-state index is 12.3. The van der Waals surface area contributed by atoms with Crippen molar-refractivity contribution in [2.45, 2.75) is 35.9 Å². The van der Waals surface area contributed by atoms with Gasteiger partial charge in [-0.3, -0.25) is 4.79 Å². The summed E-state index contributed by atoms with van der Waals surface area (Å²) >= 11 is 3.32. The predicted molar refractivity (Wildman–Crippen MR) is 96.4 cm³/mol. The number of aryl methyl sites for hydroxylation is 2. The first-order valence-corrected chi connectivity index (χ1v) is 9.53. The van der Waals surface area contributed by atoms with Crippen LogP contribution in [0.2, 0.25) is 0 Å². The maximum absolute atomic E-state index is 12.3. The Morgan fingerprint density at radius 2 is 2.13 bits per heavy atom. The number of aromatic nitrogens is 1. The normalized spacial score (nSPS) is 15.6. The van der Waals surface area contributed by atoms with Gasteiger partial charge in [-0.15, -0.1) is 11.3 Å². The molecule has 1 aliphatic rings. The SMILES string of the molecule is Cc1csc(Sc2ccc(NC(=O)C3CCNCC3)c(C)c2)n1. The number of anilines is 1. The summed E-state index contributed by atoms with van der Waals surface area (Å²) in [5.74, 6) is 0.272. The van der Waals surface area contributed by atoms with Crippen molar-refractivity contribution in [1.82, 2.24) is 10.3 Å². The largest absolute Gasteiger partial charge is 0.326 e. The zero-order valence-electron chi connectivity index (χ0n) is 13.4. The average molecular weight is 348 g/mol. The molecule has 0 bridgehead atoms. The molecule has 2 aromatic rings. The third kappa shape index (κ3) is 4.34. The Bertz CT molecular complexity index is 693. The van der Waals surface area contributed by atoms with Gasteiger partial charge in [0.2, 0.25) is 5.91 Å². The number of carbonyl (C=O) groups is 1. The quantitative estimate of drug-likeness (QED) is 0.882. The summed E-state index contributed by atoms with van der Waals surface area (Å²) < 4.78 is 1.05. The smallest absolute Gasteiger partial charge is 0.227 e. The lowest BCUT2D eigenvalue weighted by atomic mass is 9.97. The number of carbonyl (C=O) groups excluding carboxylic acids is 1. The molecule has 0 radical (unpaired) electrons. The van der Waals surface area contributed by atoms with Crippen molar-refractivity contribution < 1.29 is 4.79 Å². The monoisotopic (exact) mass is 347 g/mol. The molecule has 1 fully saturated rings. The molecule has 0 spiro atoms. The van der Waals surface area contributed by atoms with Crippen LogP contribution in [0.1, 0.15) is 24.1 Å². The van der Waals surface area contributed by atoms with Gasteiger partial charge in [0.1, 0.15) is 0 Å². The van der Waals surface area contributed by atoms with E-state index in [4.69, 9.17) is 0 Å². The molecule has 2 N–H and O–H groups in total. The van der Waals surface area contributed by atoms with E-state index in [-0.39, 0.29) is 11.8 Å². The molecule has 6 heteroatoms. The van der Waals surface area contributed by atoms with E-state index in [1.807, 2.05) is 26.0 Å². The molecule has 122 valence electrons. The van der Waals surface area contributed by atoms with Gasteiger partial charge in [-0.1, -0.05) is 11.8 Å². The molecule has 1 aliphatic heterocycles. The minimum Gasteiger partial charge on any atom is -0.326 e. The second-order valence-electron chi connectivity index (χ2n) is 5.85. The summed E-state index contributed by atoms with van der Waals surface area (Å²) in [6.07, 6.45) is 1.84. The Balaban J connectivity index is 1.65. The number of nitrogens with one attached hydrogen (secondary N) is 2. The van der Waals surface area contributed by atoms with Crippen LogP contribution in [-0.4, -0.2) is 24.0 Å². The van der Waals surface area contributed by atoms with Gasteiger partial charge in [0.05, 0.1) is 0 Å². The molecular weight excluding hydrogens is 326 g/mol. The van der Waals surface area contributed by atoms with Crippen molar-refractivity contribution in [2.24, 2.45) is 5.92 Å². The van der Waals surface area contributed by atoms with E-state index in [9.17, 15) is 4.79 Å². The van der Waals surface area contributed by atoms with Crippen LogP contribution in [0.5, 0.6) is 0 Å². The van der Waals surface area contributed by atoms with Gasteiger partial charge in [0, 0.05) is 27.6 Å². The number of benzene rings is 1. The van der Waals surface area contributed by atoms with Crippen molar-refractivity contribution in [2.75, 3.05) is 18.4 Å². The first-order valence-electron chi connectivity index (χ1n) is 7.84. The molecule has 23 heavy (non-hydrogen) atoms. The minimum absolute atomic E-state index is 0.128. The van der Waals surface area contributed by atoms with Gasteiger partial charge in [-0.25, -0.2) is 4.98 Å². The third-order valence-corrected chi connectivity index (χ3v) is 6.01. The maximum Gasteiger partial charge on any atom is 0.227 e. The van der Waals surface area contributed by atoms with Crippen molar-refractivity contribution in [3.8, 4) is 0 Å². The Labute approximate surface area is 145 Å². The fourth-order valence-electron chi connectivity index (χ4n) is 2.64. The van der Waals surface area contributed by atoms with Crippen LogP contribution in [0.25, 0.3) is 0 Å². The minimum atomic E-state index is 0.128. The molecule has 1 aromatic heterocycles. The second kappa shape index (κ2) is 7.47. The fourth-order valence-corrected chi connectivity index (χ4v) is 4.55. The highest BCUT2D eigenvalue weighted by molar-refractivity contribution is 8.01. The summed E-state index contributed by atoms with van der Waals surface area (Å²) in [5, 5.41) is 8.43. The van der Waals surface area contributed by atoms with Crippen molar-refractivity contribution in [1.29, 1.82) is 0 Å². The Kier molecular flexibility index (Phi) is 5.35. The first kappa shape index (κ1) is 16.5. The Morgan fingerprint density at radius 1 is 1.35 bits per heavy atom. The highest BCUT2D eigenvalue weighted by atomic mass is 32.2. The van der Waals surface area contributed by atoms with Gasteiger partial charge in [0.15, 0.2) is 4.34 Å². The van der Waals surface area contributed by atoms with E-state index >= 15 is 0 Å². The fraction of sp³-hybridized carbons (Fsp3) is 0.412. The molecule has 4 nitrogen and oxygen atoms in total. The average Bonchev–Trinajstić information content (AvgIpc) is 2.96. The molecule has 2 heterocycles. The van der Waals surface area contributed by atoms with Crippen LogP contribution in [0.3, 0.4) is 0 Å². The van der Waals surface area contributed by atoms with Crippen LogP contribution in [0, 0.1) is 19.8 Å². The lowest BCUT2D eigenvalue weighted by Crippen LogP contribution is -2.34. The zero-order chi connectivity index (χ0) is 16.2. The van der Waals surface area contributed by atoms with Crippen LogP contribution >= 0.6 is 23.1 Å². The Morgan fingerprint density at radius 3 is 2.78 bits per heavy atom. The van der Waals surface area contributed by atoms with Gasteiger partial charge < -0.3 is 10.6 Å². The molecular formula is C17H21N3OS2. The van der Waals surface area contributed by atoms with Crippen molar-refractivity contribution in [3.05, 3.63) is 34.8 Å². The van der Waals surface area contributed by atoms with E-state index in [1.54, 1.807) is 23.1 Å². The summed E-state index contributed by atoms with van der Waals surface area (Å²) in [6, 6.07) is 6.16. The third-order valence-electron chi connectivity index (χ3n) is 3.97. The Hall–Kier alpha value is -1.37. The highest BCUT2D eigenvalue weighted by Gasteiger charge is 2.21. The number of hydrogen-bond acceptors (Lipinski definition) is 5. The van der Waals surface area contributed by atoms with Crippen LogP contribution in [0.15, 0.2) is 32.8 Å². The first-order chi connectivity index (χ1) is 11.1. The summed E-state index contributed by atoms with van der Waals surface area (Å²) in [4.78, 5) is 18.0.